The highest BCUT2D eigenvalue weighted by molar-refractivity contribution is 5.81. The fourth-order valence-electron chi connectivity index (χ4n) is 3.11. The smallest absolute Gasteiger partial charge is 0.263 e. The van der Waals surface area contributed by atoms with Crippen molar-refractivity contribution in [3.05, 3.63) is 48.5 Å². The normalized spacial score (nSPS) is 17.1. The van der Waals surface area contributed by atoms with Gasteiger partial charge >= 0.3 is 0 Å². The Hall–Kier alpha value is -2.34. The Morgan fingerprint density at radius 3 is 2.72 bits per heavy atom. The van der Waals surface area contributed by atoms with Gasteiger partial charge in [-0.05, 0) is 25.5 Å². The predicted molar refractivity (Wildman–Crippen MR) is 96.2 cm³/mol. The summed E-state index contributed by atoms with van der Waals surface area (Å²) in [5.74, 6) is 1.85. The highest BCUT2D eigenvalue weighted by Gasteiger charge is 2.25. The summed E-state index contributed by atoms with van der Waals surface area (Å²) in [5.41, 5.74) is 0. The maximum absolute atomic E-state index is 12.7. The molecule has 25 heavy (non-hydrogen) atoms. The average molecular weight is 342 g/mol. The summed E-state index contributed by atoms with van der Waals surface area (Å²) in [4.78, 5) is 21.4. The van der Waals surface area contributed by atoms with Crippen LogP contribution >= 0.6 is 0 Å². The molecule has 3 rings (SSSR count). The maximum atomic E-state index is 12.7. The lowest BCUT2D eigenvalue weighted by Gasteiger charge is -2.25. The minimum Gasteiger partial charge on any atom is -0.481 e. The Bertz CT molecular complexity index is 686. The Balaban J connectivity index is 1.53. The van der Waals surface area contributed by atoms with Crippen molar-refractivity contribution in [2.45, 2.75) is 26.0 Å². The minimum atomic E-state index is -0.469. The van der Waals surface area contributed by atoms with E-state index < -0.39 is 6.10 Å². The second kappa shape index (κ2) is 8.16. The molecule has 0 spiro atoms. The van der Waals surface area contributed by atoms with E-state index in [0.717, 1.165) is 50.7 Å². The highest BCUT2D eigenvalue weighted by Crippen LogP contribution is 2.14. The van der Waals surface area contributed by atoms with Crippen LogP contribution in [0.15, 0.2) is 42.7 Å². The van der Waals surface area contributed by atoms with E-state index in [-0.39, 0.29) is 5.91 Å². The quantitative estimate of drug-likeness (QED) is 0.833. The first-order valence-electron chi connectivity index (χ1n) is 8.82. The van der Waals surface area contributed by atoms with Crippen molar-refractivity contribution in [2.75, 3.05) is 26.2 Å². The number of aromatic nitrogens is 2. The van der Waals surface area contributed by atoms with Crippen molar-refractivity contribution in [3.8, 4) is 5.75 Å². The fraction of sp³-hybridized carbons (Fsp3) is 0.474. The zero-order valence-corrected chi connectivity index (χ0v) is 15.0. The van der Waals surface area contributed by atoms with Crippen molar-refractivity contribution in [1.82, 2.24) is 19.4 Å². The summed E-state index contributed by atoms with van der Waals surface area (Å²) in [6, 6.07) is 9.51. The molecule has 1 fully saturated rings. The molecule has 1 aliphatic heterocycles. The molecule has 6 nitrogen and oxygen atoms in total. The van der Waals surface area contributed by atoms with Crippen LogP contribution in [0, 0.1) is 0 Å². The molecular weight excluding hydrogens is 316 g/mol. The van der Waals surface area contributed by atoms with Gasteiger partial charge in [0.15, 0.2) is 6.10 Å². The van der Waals surface area contributed by atoms with Crippen molar-refractivity contribution >= 4 is 5.91 Å². The van der Waals surface area contributed by atoms with E-state index in [0.29, 0.717) is 0 Å². The summed E-state index contributed by atoms with van der Waals surface area (Å²) in [5, 5.41) is 0. The predicted octanol–water partition coefficient (Wildman–Crippen LogP) is 1.92. The molecule has 2 heterocycles. The van der Waals surface area contributed by atoms with Crippen LogP contribution in [-0.4, -0.2) is 57.5 Å². The van der Waals surface area contributed by atoms with E-state index in [1.165, 1.54) is 0 Å². The lowest BCUT2D eigenvalue weighted by molar-refractivity contribution is -0.137. The minimum absolute atomic E-state index is 0.0581. The number of aryl methyl sites for hydroxylation is 1. The molecule has 1 amide bonds. The lowest BCUT2D eigenvalue weighted by atomic mass is 10.3. The Morgan fingerprint density at radius 2 is 2.00 bits per heavy atom. The van der Waals surface area contributed by atoms with Crippen LogP contribution in [-0.2, 0) is 18.4 Å². The summed E-state index contributed by atoms with van der Waals surface area (Å²) >= 11 is 0. The molecule has 0 N–H and O–H groups in total. The van der Waals surface area contributed by atoms with Crippen LogP contribution in [0.2, 0.25) is 0 Å². The molecular formula is C19H26N4O2. The van der Waals surface area contributed by atoms with Gasteiger partial charge in [-0.1, -0.05) is 18.2 Å². The number of hydrogen-bond donors (Lipinski definition) is 0. The van der Waals surface area contributed by atoms with Crippen LogP contribution in [0.25, 0.3) is 0 Å². The number of ether oxygens (including phenoxy) is 1. The number of benzene rings is 1. The Morgan fingerprint density at radius 1 is 1.20 bits per heavy atom. The van der Waals surface area contributed by atoms with Gasteiger partial charge in [0.2, 0.25) is 0 Å². The molecule has 1 aliphatic rings. The number of amides is 1. The van der Waals surface area contributed by atoms with Gasteiger partial charge in [-0.3, -0.25) is 9.69 Å². The van der Waals surface area contributed by atoms with Crippen LogP contribution < -0.4 is 4.74 Å². The third-order valence-corrected chi connectivity index (χ3v) is 4.59. The number of nitrogens with zero attached hydrogens (tertiary/aromatic N) is 4. The third-order valence-electron chi connectivity index (χ3n) is 4.59. The van der Waals surface area contributed by atoms with E-state index in [4.69, 9.17) is 4.74 Å². The summed E-state index contributed by atoms with van der Waals surface area (Å²) in [6.07, 6.45) is 4.29. The number of carbonyl (C=O) groups excluding carboxylic acids is 1. The van der Waals surface area contributed by atoms with Gasteiger partial charge in [-0.15, -0.1) is 0 Å². The van der Waals surface area contributed by atoms with Crippen LogP contribution in [0.1, 0.15) is 19.2 Å². The molecule has 0 aliphatic carbocycles. The van der Waals surface area contributed by atoms with E-state index in [9.17, 15) is 4.79 Å². The van der Waals surface area contributed by atoms with E-state index in [1.54, 1.807) is 0 Å². The molecule has 1 atom stereocenters. The second-order valence-corrected chi connectivity index (χ2v) is 6.48. The Kier molecular flexibility index (Phi) is 5.71. The van der Waals surface area contributed by atoms with Gasteiger partial charge in [0.05, 0.1) is 6.54 Å². The lowest BCUT2D eigenvalue weighted by Crippen LogP contribution is -2.42. The highest BCUT2D eigenvalue weighted by atomic mass is 16.5. The molecule has 0 unspecified atom stereocenters. The largest absolute Gasteiger partial charge is 0.481 e. The molecule has 6 heteroatoms. The first-order valence-corrected chi connectivity index (χ1v) is 8.82. The molecule has 2 aromatic rings. The van der Waals surface area contributed by atoms with Crippen LogP contribution in [0.4, 0.5) is 0 Å². The van der Waals surface area contributed by atoms with E-state index in [1.807, 2.05) is 66.2 Å². The number of rotatable bonds is 5. The van der Waals surface area contributed by atoms with Crippen molar-refractivity contribution in [3.63, 3.8) is 0 Å². The topological polar surface area (TPSA) is 50.6 Å². The molecule has 1 aromatic carbocycles. The zero-order valence-electron chi connectivity index (χ0n) is 15.0. The summed E-state index contributed by atoms with van der Waals surface area (Å²) in [7, 11) is 2.01. The maximum Gasteiger partial charge on any atom is 0.263 e. The molecule has 0 saturated carbocycles. The average Bonchev–Trinajstić information content (AvgIpc) is 2.88. The second-order valence-electron chi connectivity index (χ2n) is 6.48. The number of para-hydroxylation sites is 1. The summed E-state index contributed by atoms with van der Waals surface area (Å²) in [6.45, 7) is 5.98. The van der Waals surface area contributed by atoms with Crippen molar-refractivity contribution in [1.29, 1.82) is 0 Å². The van der Waals surface area contributed by atoms with Crippen molar-refractivity contribution < 1.29 is 9.53 Å². The molecule has 134 valence electrons. The summed E-state index contributed by atoms with van der Waals surface area (Å²) < 4.78 is 7.83. The van der Waals surface area contributed by atoms with Crippen LogP contribution in [0.5, 0.6) is 5.75 Å². The van der Waals surface area contributed by atoms with Crippen molar-refractivity contribution in [2.24, 2.45) is 7.05 Å². The standard InChI is InChI=1S/C19H26N4O2/c1-16(25-17-7-4-3-5-8-17)19(24)23-11-6-10-22(13-14-23)15-18-20-9-12-21(18)2/h3-5,7-9,12,16H,6,10-11,13-15H2,1-2H3/t16-/m0/s1. The van der Waals surface area contributed by atoms with Gasteiger partial charge in [0.1, 0.15) is 11.6 Å². The van der Waals surface area contributed by atoms with Gasteiger partial charge in [-0.25, -0.2) is 4.98 Å². The molecule has 1 saturated heterocycles. The first-order chi connectivity index (χ1) is 12.1. The van der Waals surface area contributed by atoms with Gasteiger partial charge in [0, 0.05) is 45.6 Å². The third kappa shape index (κ3) is 4.60. The van der Waals surface area contributed by atoms with Gasteiger partial charge in [0.25, 0.3) is 5.91 Å². The molecule has 0 bridgehead atoms. The monoisotopic (exact) mass is 342 g/mol. The fourth-order valence-corrected chi connectivity index (χ4v) is 3.11. The number of hydrogen-bond acceptors (Lipinski definition) is 4. The number of carbonyl (C=O) groups is 1. The van der Waals surface area contributed by atoms with Gasteiger partial charge < -0.3 is 14.2 Å². The molecule has 1 aromatic heterocycles. The van der Waals surface area contributed by atoms with Gasteiger partial charge in [-0.2, -0.15) is 0 Å². The molecule has 0 radical (unpaired) electrons. The zero-order chi connectivity index (χ0) is 17.6. The van der Waals surface area contributed by atoms with Crippen LogP contribution in [0.3, 0.4) is 0 Å². The number of imidazole rings is 1. The SMILES string of the molecule is C[C@H](Oc1ccccc1)C(=O)N1CCCN(Cc2nccn2C)CC1. The van der Waals surface area contributed by atoms with E-state index in [2.05, 4.69) is 9.88 Å². The van der Waals surface area contributed by atoms with E-state index >= 15 is 0 Å². The first kappa shape index (κ1) is 17.5. The Labute approximate surface area is 149 Å².